The van der Waals surface area contributed by atoms with E-state index in [1.54, 1.807) is 23.9 Å². The van der Waals surface area contributed by atoms with E-state index >= 15 is 0 Å². The van der Waals surface area contributed by atoms with Crippen molar-refractivity contribution in [2.45, 2.75) is 58.1 Å². The maximum atomic E-state index is 13.6. The minimum Gasteiger partial charge on any atom is -0.493 e. The van der Waals surface area contributed by atoms with E-state index in [1.807, 2.05) is 0 Å². The summed E-state index contributed by atoms with van der Waals surface area (Å²) in [5.74, 6) is 0.929. The number of aliphatic hydroxyl groups is 1. The van der Waals surface area contributed by atoms with Gasteiger partial charge in [0.05, 0.1) is 29.6 Å². The van der Waals surface area contributed by atoms with Crippen LogP contribution in [0.25, 0.3) is 11.0 Å². The average molecular weight is 338 g/mol. The summed E-state index contributed by atoms with van der Waals surface area (Å²) >= 11 is 0. The topological polar surface area (TPSA) is 47.3 Å². The Bertz CT molecular complexity index is 717. The molecule has 2 aromatic rings. The van der Waals surface area contributed by atoms with E-state index in [0.717, 1.165) is 6.42 Å². The van der Waals surface area contributed by atoms with Crippen molar-refractivity contribution in [1.82, 2.24) is 9.55 Å². The highest BCUT2D eigenvalue weighted by Gasteiger charge is 2.40. The Morgan fingerprint density at radius 3 is 2.67 bits per heavy atom. The van der Waals surface area contributed by atoms with E-state index in [9.17, 15) is 13.9 Å². The van der Waals surface area contributed by atoms with Crippen molar-refractivity contribution in [3.8, 4) is 5.75 Å². The van der Waals surface area contributed by atoms with Gasteiger partial charge in [0.2, 0.25) is 0 Å². The number of aromatic nitrogens is 2. The number of hydrogen-bond donors (Lipinski definition) is 1. The Balaban J connectivity index is 1.91. The molecule has 0 unspecified atom stereocenters. The molecule has 4 nitrogen and oxygen atoms in total. The minimum atomic E-state index is -2.60. The molecular formula is C18H24F2N2O2. The molecule has 1 heterocycles. The molecule has 0 atom stereocenters. The third kappa shape index (κ3) is 3.38. The Kier molecular flexibility index (Phi) is 4.51. The number of hydrogen-bond acceptors (Lipinski definition) is 3. The SMILES string of the molecule is CC(C)CCOc1cc(C(F)F)c2c(c1)ncn2[C@H]1C[C@@](C)(O)C1. The maximum Gasteiger partial charge on any atom is 0.266 e. The van der Waals surface area contributed by atoms with Crippen LogP contribution in [0.3, 0.4) is 0 Å². The van der Waals surface area contributed by atoms with Gasteiger partial charge in [-0.15, -0.1) is 0 Å². The van der Waals surface area contributed by atoms with Crippen LogP contribution in [0.1, 0.15) is 58.1 Å². The van der Waals surface area contributed by atoms with E-state index in [1.165, 1.54) is 6.07 Å². The lowest BCUT2D eigenvalue weighted by Crippen LogP contribution is -2.41. The van der Waals surface area contributed by atoms with Crippen molar-refractivity contribution in [3.63, 3.8) is 0 Å². The fourth-order valence-electron chi connectivity index (χ4n) is 3.27. The smallest absolute Gasteiger partial charge is 0.266 e. The third-order valence-electron chi connectivity index (χ3n) is 4.62. The number of halogens is 2. The molecule has 1 aromatic heterocycles. The number of benzene rings is 1. The lowest BCUT2D eigenvalue weighted by molar-refractivity contribution is -0.0499. The van der Waals surface area contributed by atoms with Crippen LogP contribution in [-0.4, -0.2) is 26.9 Å². The second kappa shape index (κ2) is 6.31. The van der Waals surface area contributed by atoms with Crippen molar-refractivity contribution in [1.29, 1.82) is 0 Å². The summed E-state index contributed by atoms with van der Waals surface area (Å²) in [6.45, 7) is 6.44. The van der Waals surface area contributed by atoms with Gasteiger partial charge in [-0.05, 0) is 38.2 Å². The highest BCUT2D eigenvalue weighted by atomic mass is 19.3. The van der Waals surface area contributed by atoms with E-state index in [-0.39, 0.29) is 11.6 Å². The zero-order valence-electron chi connectivity index (χ0n) is 14.3. The monoisotopic (exact) mass is 338 g/mol. The quantitative estimate of drug-likeness (QED) is 0.844. The molecule has 0 saturated heterocycles. The molecule has 24 heavy (non-hydrogen) atoms. The van der Waals surface area contributed by atoms with Gasteiger partial charge in [0.25, 0.3) is 6.43 Å². The van der Waals surface area contributed by atoms with Crippen molar-refractivity contribution in [3.05, 3.63) is 24.0 Å². The number of alkyl halides is 2. The number of rotatable bonds is 6. The van der Waals surface area contributed by atoms with Gasteiger partial charge >= 0.3 is 0 Å². The summed E-state index contributed by atoms with van der Waals surface area (Å²) in [5, 5.41) is 9.92. The van der Waals surface area contributed by atoms with Crippen LogP contribution >= 0.6 is 0 Å². The summed E-state index contributed by atoms with van der Waals surface area (Å²) in [6.07, 6.45) is 0.959. The molecule has 1 N–H and O–H groups in total. The fraction of sp³-hybridized carbons (Fsp3) is 0.611. The van der Waals surface area contributed by atoms with Crippen LogP contribution in [0, 0.1) is 5.92 Å². The van der Waals surface area contributed by atoms with Crippen LogP contribution in [0.4, 0.5) is 8.78 Å². The summed E-state index contributed by atoms with van der Waals surface area (Å²) in [7, 11) is 0. The van der Waals surface area contributed by atoms with Gasteiger partial charge in [-0.3, -0.25) is 0 Å². The number of ether oxygens (including phenoxy) is 1. The van der Waals surface area contributed by atoms with Crippen molar-refractivity contribution in [2.24, 2.45) is 5.92 Å². The first-order chi connectivity index (χ1) is 11.3. The lowest BCUT2D eigenvalue weighted by atomic mass is 9.77. The largest absolute Gasteiger partial charge is 0.493 e. The highest BCUT2D eigenvalue weighted by Crippen LogP contribution is 2.43. The first kappa shape index (κ1) is 17.1. The molecule has 6 heteroatoms. The molecule has 1 aliphatic carbocycles. The number of nitrogens with zero attached hydrogens (tertiary/aromatic N) is 2. The van der Waals surface area contributed by atoms with Gasteiger partial charge in [0, 0.05) is 17.7 Å². The molecule has 3 rings (SSSR count). The second-order valence-electron chi connectivity index (χ2n) is 7.42. The van der Waals surface area contributed by atoms with E-state index in [0.29, 0.717) is 42.1 Å². The van der Waals surface area contributed by atoms with Crippen LogP contribution in [0.2, 0.25) is 0 Å². The summed E-state index contributed by atoms with van der Waals surface area (Å²) in [6, 6.07) is 3.15. The minimum absolute atomic E-state index is 0.00945. The zero-order valence-corrected chi connectivity index (χ0v) is 14.3. The maximum absolute atomic E-state index is 13.6. The number of fused-ring (bicyclic) bond motifs is 1. The first-order valence-electron chi connectivity index (χ1n) is 8.40. The third-order valence-corrected chi connectivity index (χ3v) is 4.62. The van der Waals surface area contributed by atoms with Gasteiger partial charge in [-0.2, -0.15) is 0 Å². The first-order valence-corrected chi connectivity index (χ1v) is 8.40. The van der Waals surface area contributed by atoms with Crippen LogP contribution in [0.5, 0.6) is 5.75 Å². The van der Waals surface area contributed by atoms with Crippen LogP contribution in [0.15, 0.2) is 18.5 Å². The molecule has 0 radical (unpaired) electrons. The summed E-state index contributed by atoms with van der Waals surface area (Å²) in [5.41, 5.74) is 0.184. The van der Waals surface area contributed by atoms with Crippen molar-refractivity contribution >= 4 is 11.0 Å². The molecule has 0 spiro atoms. The van der Waals surface area contributed by atoms with Gasteiger partial charge in [-0.1, -0.05) is 13.8 Å². The Labute approximate surface area is 140 Å². The standard InChI is InChI=1S/C18H24F2N2O2/c1-11(2)4-5-24-13-6-14(17(19)20)16-15(7-13)21-10-22(16)12-8-18(3,23)9-12/h6-7,10-12,17,23H,4-5,8-9H2,1-3H3/t12-,18+. The summed E-state index contributed by atoms with van der Waals surface area (Å²) < 4.78 is 34.6. The summed E-state index contributed by atoms with van der Waals surface area (Å²) in [4.78, 5) is 4.28. The number of imidazole rings is 1. The lowest BCUT2D eigenvalue weighted by Gasteiger charge is -2.41. The van der Waals surface area contributed by atoms with Crippen LogP contribution < -0.4 is 4.74 Å². The second-order valence-corrected chi connectivity index (χ2v) is 7.42. The van der Waals surface area contributed by atoms with E-state index < -0.39 is 12.0 Å². The average Bonchev–Trinajstić information content (AvgIpc) is 2.86. The van der Waals surface area contributed by atoms with E-state index in [4.69, 9.17) is 4.74 Å². The predicted molar refractivity (Wildman–Crippen MR) is 88.5 cm³/mol. The fourth-order valence-corrected chi connectivity index (χ4v) is 3.27. The van der Waals surface area contributed by atoms with Crippen LogP contribution in [-0.2, 0) is 0 Å². The Hall–Kier alpha value is -1.69. The predicted octanol–water partition coefficient (Wildman–Crippen LogP) is 4.48. The Morgan fingerprint density at radius 1 is 1.38 bits per heavy atom. The van der Waals surface area contributed by atoms with E-state index in [2.05, 4.69) is 18.8 Å². The van der Waals surface area contributed by atoms with Gasteiger partial charge < -0.3 is 14.4 Å². The normalized spacial score (nSPS) is 23.9. The van der Waals surface area contributed by atoms with Gasteiger partial charge in [0.1, 0.15) is 5.75 Å². The Morgan fingerprint density at radius 2 is 2.08 bits per heavy atom. The van der Waals surface area contributed by atoms with Crippen molar-refractivity contribution < 1.29 is 18.6 Å². The molecule has 1 aliphatic rings. The molecule has 1 aromatic carbocycles. The molecule has 1 saturated carbocycles. The molecule has 1 fully saturated rings. The molecule has 0 aliphatic heterocycles. The van der Waals surface area contributed by atoms with Gasteiger partial charge in [0.15, 0.2) is 0 Å². The molecule has 132 valence electrons. The zero-order chi connectivity index (χ0) is 17.5. The van der Waals surface area contributed by atoms with Gasteiger partial charge in [-0.25, -0.2) is 13.8 Å². The highest BCUT2D eigenvalue weighted by molar-refractivity contribution is 5.81. The molecule has 0 bridgehead atoms. The molecular weight excluding hydrogens is 314 g/mol. The molecule has 0 amide bonds. The van der Waals surface area contributed by atoms with Crippen molar-refractivity contribution in [2.75, 3.05) is 6.61 Å².